The van der Waals surface area contributed by atoms with Crippen LogP contribution >= 0.6 is 0 Å². The van der Waals surface area contributed by atoms with Crippen molar-refractivity contribution in [1.82, 2.24) is 9.97 Å². The van der Waals surface area contributed by atoms with E-state index in [2.05, 4.69) is 14.9 Å². The minimum absolute atomic E-state index is 0.353. The summed E-state index contributed by atoms with van der Waals surface area (Å²) in [7, 11) is 1.87. The molecule has 1 saturated carbocycles. The summed E-state index contributed by atoms with van der Waals surface area (Å²) in [4.78, 5) is 11.2. The van der Waals surface area contributed by atoms with Crippen molar-refractivity contribution < 1.29 is 4.74 Å². The Bertz CT molecular complexity index is 451. The highest BCUT2D eigenvalue weighted by molar-refractivity contribution is 5.38. The van der Waals surface area contributed by atoms with Gasteiger partial charge in [0.15, 0.2) is 0 Å². The van der Waals surface area contributed by atoms with Crippen LogP contribution in [0, 0.1) is 12.3 Å². The lowest BCUT2D eigenvalue weighted by Gasteiger charge is -2.44. The highest BCUT2D eigenvalue weighted by Gasteiger charge is 2.46. The van der Waals surface area contributed by atoms with Gasteiger partial charge in [-0.25, -0.2) is 9.97 Å². The van der Waals surface area contributed by atoms with Crippen molar-refractivity contribution >= 4 is 5.82 Å². The number of ether oxygens (including phenoxy) is 1. The second-order valence-electron chi connectivity index (χ2n) is 5.97. The summed E-state index contributed by atoms with van der Waals surface area (Å²) < 4.78 is 5.75. The summed E-state index contributed by atoms with van der Waals surface area (Å²) in [6, 6.07) is 2.03. The van der Waals surface area contributed by atoms with E-state index in [1.165, 1.54) is 32.1 Å². The van der Waals surface area contributed by atoms with Crippen molar-refractivity contribution in [1.29, 1.82) is 0 Å². The molecule has 1 aliphatic heterocycles. The van der Waals surface area contributed by atoms with Gasteiger partial charge in [-0.2, -0.15) is 0 Å². The number of aromatic nitrogens is 2. The third kappa shape index (κ3) is 2.34. The van der Waals surface area contributed by atoms with Crippen LogP contribution in [0.2, 0.25) is 0 Å². The van der Waals surface area contributed by atoms with E-state index in [1.807, 2.05) is 26.3 Å². The molecule has 0 bridgehead atoms. The van der Waals surface area contributed by atoms with E-state index >= 15 is 0 Å². The first-order valence-electron chi connectivity index (χ1n) is 7.31. The molecule has 104 valence electrons. The standard InChI is InChI=1S/C15H23N3O/c1-12-16-9-6-14(17-12)18-10-4-8-15(11-18)7-3-5-13(15)19-2/h6,9,13H,3-5,7-8,10-11H2,1-2H3/t13-,15-/m1/s1. The first-order chi connectivity index (χ1) is 9.23. The van der Waals surface area contributed by atoms with Crippen LogP contribution in [-0.4, -0.2) is 36.3 Å². The molecule has 2 fully saturated rings. The van der Waals surface area contributed by atoms with Crippen LogP contribution in [0.15, 0.2) is 12.3 Å². The number of nitrogens with zero attached hydrogens (tertiary/aromatic N) is 3. The van der Waals surface area contributed by atoms with Gasteiger partial charge < -0.3 is 9.64 Å². The van der Waals surface area contributed by atoms with Gasteiger partial charge in [-0.1, -0.05) is 6.42 Å². The van der Waals surface area contributed by atoms with E-state index in [1.54, 1.807) is 0 Å². The predicted octanol–water partition coefficient (Wildman–Crippen LogP) is 2.57. The molecule has 3 rings (SSSR count). The number of rotatable bonds is 2. The maximum atomic E-state index is 5.75. The third-order valence-electron chi connectivity index (χ3n) is 4.80. The number of anilines is 1. The third-order valence-corrected chi connectivity index (χ3v) is 4.80. The molecule has 0 aromatic carbocycles. The predicted molar refractivity (Wildman–Crippen MR) is 75.3 cm³/mol. The summed E-state index contributed by atoms with van der Waals surface area (Å²) in [6.07, 6.45) is 8.64. The topological polar surface area (TPSA) is 38.2 Å². The van der Waals surface area contributed by atoms with Crippen LogP contribution in [0.5, 0.6) is 0 Å². The van der Waals surface area contributed by atoms with Crippen molar-refractivity contribution in [3.63, 3.8) is 0 Å². The maximum absolute atomic E-state index is 5.75. The Hall–Kier alpha value is -1.16. The highest BCUT2D eigenvalue weighted by Crippen LogP contribution is 2.46. The van der Waals surface area contributed by atoms with Crippen LogP contribution < -0.4 is 4.90 Å². The van der Waals surface area contributed by atoms with E-state index in [9.17, 15) is 0 Å². The Morgan fingerprint density at radius 1 is 1.37 bits per heavy atom. The average Bonchev–Trinajstić information content (AvgIpc) is 2.81. The van der Waals surface area contributed by atoms with Crippen molar-refractivity contribution in [3.8, 4) is 0 Å². The lowest BCUT2D eigenvalue weighted by Crippen LogP contribution is -2.48. The molecule has 4 nitrogen and oxygen atoms in total. The molecule has 0 unspecified atom stereocenters. The SMILES string of the molecule is CO[C@@H]1CCC[C@]12CCCN(c1ccnc(C)n1)C2. The molecule has 1 aromatic rings. The fourth-order valence-electron chi connectivity index (χ4n) is 3.92. The van der Waals surface area contributed by atoms with Crippen LogP contribution in [0.1, 0.15) is 37.9 Å². The zero-order valence-corrected chi connectivity index (χ0v) is 11.9. The highest BCUT2D eigenvalue weighted by atomic mass is 16.5. The van der Waals surface area contributed by atoms with Crippen LogP contribution in [0.4, 0.5) is 5.82 Å². The maximum Gasteiger partial charge on any atom is 0.132 e. The number of hydrogen-bond donors (Lipinski definition) is 0. The van der Waals surface area contributed by atoms with E-state index in [4.69, 9.17) is 4.74 Å². The quantitative estimate of drug-likeness (QED) is 0.820. The van der Waals surface area contributed by atoms with E-state index in [0.29, 0.717) is 11.5 Å². The molecule has 0 N–H and O–H groups in total. The Kier molecular flexibility index (Phi) is 3.44. The Balaban J connectivity index is 1.81. The van der Waals surface area contributed by atoms with Gasteiger partial charge in [0, 0.05) is 31.8 Å². The van der Waals surface area contributed by atoms with Gasteiger partial charge in [-0.15, -0.1) is 0 Å². The molecular formula is C15H23N3O. The van der Waals surface area contributed by atoms with Crippen molar-refractivity contribution in [3.05, 3.63) is 18.1 Å². The summed E-state index contributed by atoms with van der Waals surface area (Å²) >= 11 is 0. The fraction of sp³-hybridized carbons (Fsp3) is 0.733. The second kappa shape index (κ2) is 5.08. The van der Waals surface area contributed by atoms with Crippen LogP contribution in [-0.2, 0) is 4.74 Å². The minimum atomic E-state index is 0.353. The summed E-state index contributed by atoms with van der Waals surface area (Å²) in [5.41, 5.74) is 0.353. The molecular weight excluding hydrogens is 238 g/mol. The first-order valence-corrected chi connectivity index (χ1v) is 7.31. The molecule has 2 heterocycles. The summed E-state index contributed by atoms with van der Waals surface area (Å²) in [5.74, 6) is 1.93. The van der Waals surface area contributed by atoms with Gasteiger partial charge in [-0.3, -0.25) is 0 Å². The molecule has 1 aliphatic carbocycles. The number of piperidine rings is 1. The van der Waals surface area contributed by atoms with E-state index < -0.39 is 0 Å². The van der Waals surface area contributed by atoms with Crippen LogP contribution in [0.25, 0.3) is 0 Å². The molecule has 4 heteroatoms. The van der Waals surface area contributed by atoms with Gasteiger partial charge in [0.25, 0.3) is 0 Å². The van der Waals surface area contributed by atoms with Crippen molar-refractivity contribution in [2.24, 2.45) is 5.41 Å². The zero-order valence-electron chi connectivity index (χ0n) is 11.9. The average molecular weight is 261 g/mol. The number of methoxy groups -OCH3 is 1. The van der Waals surface area contributed by atoms with Crippen LogP contribution in [0.3, 0.4) is 0 Å². The summed E-state index contributed by atoms with van der Waals surface area (Å²) in [6.45, 7) is 4.15. The Morgan fingerprint density at radius 3 is 3.00 bits per heavy atom. The number of hydrogen-bond acceptors (Lipinski definition) is 4. The molecule has 0 radical (unpaired) electrons. The first kappa shape index (κ1) is 12.9. The lowest BCUT2D eigenvalue weighted by molar-refractivity contribution is 0.00215. The van der Waals surface area contributed by atoms with Crippen molar-refractivity contribution in [2.45, 2.75) is 45.1 Å². The second-order valence-corrected chi connectivity index (χ2v) is 5.97. The largest absolute Gasteiger partial charge is 0.381 e. The lowest BCUT2D eigenvalue weighted by atomic mass is 9.76. The monoisotopic (exact) mass is 261 g/mol. The Morgan fingerprint density at radius 2 is 2.21 bits per heavy atom. The minimum Gasteiger partial charge on any atom is -0.381 e. The Labute approximate surface area is 115 Å². The van der Waals surface area contributed by atoms with Gasteiger partial charge in [0.05, 0.1) is 6.10 Å². The van der Waals surface area contributed by atoms with E-state index in [0.717, 1.165) is 24.7 Å². The fourth-order valence-corrected chi connectivity index (χ4v) is 3.92. The molecule has 2 aliphatic rings. The smallest absolute Gasteiger partial charge is 0.132 e. The van der Waals surface area contributed by atoms with Gasteiger partial charge in [-0.05, 0) is 38.7 Å². The summed E-state index contributed by atoms with van der Waals surface area (Å²) in [5, 5.41) is 0. The zero-order chi connectivity index (χ0) is 13.3. The molecule has 1 aromatic heterocycles. The van der Waals surface area contributed by atoms with Gasteiger partial charge >= 0.3 is 0 Å². The van der Waals surface area contributed by atoms with E-state index in [-0.39, 0.29) is 0 Å². The van der Waals surface area contributed by atoms with Crippen molar-refractivity contribution in [2.75, 3.05) is 25.1 Å². The molecule has 0 amide bonds. The van der Waals surface area contributed by atoms with Gasteiger partial charge in [0.2, 0.25) is 0 Å². The molecule has 1 saturated heterocycles. The molecule has 19 heavy (non-hydrogen) atoms. The normalized spacial score (nSPS) is 31.1. The molecule has 1 spiro atoms. The molecule has 2 atom stereocenters. The van der Waals surface area contributed by atoms with Gasteiger partial charge in [0.1, 0.15) is 11.6 Å². The number of aryl methyl sites for hydroxylation is 1.